The molecule has 1 unspecified atom stereocenters. The Morgan fingerprint density at radius 1 is 0.941 bits per heavy atom. The van der Waals surface area contributed by atoms with E-state index in [4.69, 9.17) is 0 Å². The molecule has 0 radical (unpaired) electrons. The first-order valence-corrected chi connectivity index (χ1v) is 7.59. The summed E-state index contributed by atoms with van der Waals surface area (Å²) in [6.07, 6.45) is 12.9. The monoisotopic (exact) mass is 261 g/mol. The first kappa shape index (κ1) is 17.2. The molecular formula is C15H32ClN. The van der Waals surface area contributed by atoms with Crippen LogP contribution in [-0.2, 0) is 0 Å². The summed E-state index contributed by atoms with van der Waals surface area (Å²) in [5.74, 6) is 1.00. The average molecular weight is 262 g/mol. The van der Waals surface area contributed by atoms with Crippen LogP contribution >= 0.6 is 12.4 Å². The van der Waals surface area contributed by atoms with Crippen LogP contribution in [0.2, 0.25) is 0 Å². The second-order valence-corrected chi connectivity index (χ2v) is 5.48. The number of likely N-dealkylation sites (tertiary alicyclic amines) is 1. The lowest BCUT2D eigenvalue weighted by Crippen LogP contribution is -2.21. The van der Waals surface area contributed by atoms with Crippen molar-refractivity contribution in [3.63, 3.8) is 0 Å². The lowest BCUT2D eigenvalue weighted by atomic mass is 10.1. The second-order valence-electron chi connectivity index (χ2n) is 5.48. The fourth-order valence-electron chi connectivity index (χ4n) is 2.74. The fraction of sp³-hybridized carbons (Fsp3) is 1.00. The van der Waals surface area contributed by atoms with Crippen molar-refractivity contribution in [3.05, 3.63) is 0 Å². The highest BCUT2D eigenvalue weighted by atomic mass is 35.5. The van der Waals surface area contributed by atoms with Gasteiger partial charge in [-0.15, -0.1) is 12.4 Å². The third-order valence-electron chi connectivity index (χ3n) is 4.03. The highest BCUT2D eigenvalue weighted by Gasteiger charge is 2.19. The van der Waals surface area contributed by atoms with E-state index in [0.29, 0.717) is 0 Å². The molecule has 0 aliphatic carbocycles. The van der Waals surface area contributed by atoms with Gasteiger partial charge in [0, 0.05) is 6.54 Å². The van der Waals surface area contributed by atoms with Gasteiger partial charge in [-0.1, -0.05) is 58.8 Å². The lowest BCUT2D eigenvalue weighted by molar-refractivity contribution is 0.313. The van der Waals surface area contributed by atoms with E-state index in [1.165, 1.54) is 77.4 Å². The van der Waals surface area contributed by atoms with Gasteiger partial charge >= 0.3 is 0 Å². The molecule has 0 spiro atoms. The molecule has 1 heterocycles. The SMILES string of the molecule is CCCCCCCCCN1CCC(CC)C1.Cl. The van der Waals surface area contributed by atoms with Crippen LogP contribution in [0.25, 0.3) is 0 Å². The summed E-state index contributed by atoms with van der Waals surface area (Å²) >= 11 is 0. The summed E-state index contributed by atoms with van der Waals surface area (Å²) < 4.78 is 0. The number of rotatable bonds is 9. The van der Waals surface area contributed by atoms with Gasteiger partial charge in [-0.3, -0.25) is 0 Å². The van der Waals surface area contributed by atoms with Crippen LogP contribution in [-0.4, -0.2) is 24.5 Å². The smallest absolute Gasteiger partial charge is 0.00100 e. The van der Waals surface area contributed by atoms with Crippen molar-refractivity contribution < 1.29 is 0 Å². The van der Waals surface area contributed by atoms with Gasteiger partial charge in [-0.05, 0) is 31.8 Å². The summed E-state index contributed by atoms with van der Waals surface area (Å²) in [5.41, 5.74) is 0. The number of nitrogens with zero attached hydrogens (tertiary/aromatic N) is 1. The van der Waals surface area contributed by atoms with E-state index in [2.05, 4.69) is 18.7 Å². The van der Waals surface area contributed by atoms with Gasteiger partial charge in [-0.2, -0.15) is 0 Å². The van der Waals surface area contributed by atoms with Gasteiger partial charge < -0.3 is 4.90 Å². The first-order chi connectivity index (χ1) is 7.86. The zero-order valence-corrected chi connectivity index (χ0v) is 12.7. The molecule has 17 heavy (non-hydrogen) atoms. The highest BCUT2D eigenvalue weighted by molar-refractivity contribution is 5.85. The summed E-state index contributed by atoms with van der Waals surface area (Å²) in [5, 5.41) is 0. The highest BCUT2D eigenvalue weighted by Crippen LogP contribution is 2.19. The molecule has 1 rings (SSSR count). The van der Waals surface area contributed by atoms with Crippen molar-refractivity contribution in [2.24, 2.45) is 5.92 Å². The molecular weight excluding hydrogens is 230 g/mol. The number of unbranched alkanes of at least 4 members (excludes halogenated alkanes) is 6. The van der Waals surface area contributed by atoms with Gasteiger partial charge in [0.2, 0.25) is 0 Å². The minimum Gasteiger partial charge on any atom is -0.303 e. The molecule has 0 N–H and O–H groups in total. The van der Waals surface area contributed by atoms with Crippen LogP contribution in [0.3, 0.4) is 0 Å². The van der Waals surface area contributed by atoms with Gasteiger partial charge in [0.1, 0.15) is 0 Å². The molecule has 1 atom stereocenters. The van der Waals surface area contributed by atoms with Crippen molar-refractivity contribution in [3.8, 4) is 0 Å². The summed E-state index contributed by atoms with van der Waals surface area (Å²) in [4.78, 5) is 2.68. The van der Waals surface area contributed by atoms with Crippen LogP contribution in [0.1, 0.15) is 71.6 Å². The Balaban J connectivity index is 0.00000256. The maximum absolute atomic E-state index is 2.68. The molecule has 0 aromatic rings. The van der Waals surface area contributed by atoms with Crippen molar-refractivity contribution in [2.45, 2.75) is 71.6 Å². The first-order valence-electron chi connectivity index (χ1n) is 7.59. The van der Waals surface area contributed by atoms with E-state index < -0.39 is 0 Å². The minimum absolute atomic E-state index is 0. The minimum atomic E-state index is 0. The summed E-state index contributed by atoms with van der Waals surface area (Å²) in [7, 11) is 0. The molecule has 1 aliphatic rings. The number of hydrogen-bond acceptors (Lipinski definition) is 1. The predicted octanol–water partition coefficient (Wildman–Crippen LogP) is 4.89. The van der Waals surface area contributed by atoms with E-state index >= 15 is 0 Å². The summed E-state index contributed by atoms with van der Waals surface area (Å²) in [6.45, 7) is 8.74. The molecule has 0 saturated carbocycles. The summed E-state index contributed by atoms with van der Waals surface area (Å²) in [6, 6.07) is 0. The van der Waals surface area contributed by atoms with E-state index in [1.54, 1.807) is 0 Å². The van der Waals surface area contributed by atoms with Gasteiger partial charge in [0.15, 0.2) is 0 Å². The molecule has 1 aliphatic heterocycles. The largest absolute Gasteiger partial charge is 0.303 e. The molecule has 1 nitrogen and oxygen atoms in total. The Kier molecular flexibility index (Phi) is 11.5. The molecule has 0 bridgehead atoms. The van der Waals surface area contributed by atoms with Crippen LogP contribution in [0.5, 0.6) is 0 Å². The van der Waals surface area contributed by atoms with E-state index in [1.807, 2.05) is 0 Å². The van der Waals surface area contributed by atoms with Gasteiger partial charge in [0.05, 0.1) is 0 Å². The average Bonchev–Trinajstić information content (AvgIpc) is 2.76. The van der Waals surface area contributed by atoms with Gasteiger partial charge in [-0.25, -0.2) is 0 Å². The molecule has 0 aromatic carbocycles. The molecule has 104 valence electrons. The van der Waals surface area contributed by atoms with E-state index in [9.17, 15) is 0 Å². The number of halogens is 1. The molecule has 1 fully saturated rings. The molecule has 2 heteroatoms. The fourth-order valence-corrected chi connectivity index (χ4v) is 2.74. The lowest BCUT2D eigenvalue weighted by Gasteiger charge is -2.15. The maximum atomic E-state index is 2.68. The molecule has 1 saturated heterocycles. The topological polar surface area (TPSA) is 3.24 Å². The third-order valence-corrected chi connectivity index (χ3v) is 4.03. The van der Waals surface area contributed by atoms with Crippen LogP contribution in [0, 0.1) is 5.92 Å². The van der Waals surface area contributed by atoms with Crippen molar-refractivity contribution in [1.82, 2.24) is 4.90 Å². The van der Waals surface area contributed by atoms with Crippen molar-refractivity contribution in [1.29, 1.82) is 0 Å². The van der Waals surface area contributed by atoms with Crippen LogP contribution in [0.4, 0.5) is 0 Å². The van der Waals surface area contributed by atoms with E-state index in [-0.39, 0.29) is 12.4 Å². The Hall–Kier alpha value is 0.250. The zero-order chi connectivity index (χ0) is 11.6. The predicted molar refractivity (Wildman–Crippen MR) is 80.1 cm³/mol. The third kappa shape index (κ3) is 8.05. The number of hydrogen-bond donors (Lipinski definition) is 0. The van der Waals surface area contributed by atoms with Crippen molar-refractivity contribution in [2.75, 3.05) is 19.6 Å². The Labute approximate surface area is 115 Å². The zero-order valence-electron chi connectivity index (χ0n) is 11.9. The molecule has 0 aromatic heterocycles. The second kappa shape index (κ2) is 11.3. The van der Waals surface area contributed by atoms with Crippen molar-refractivity contribution >= 4 is 12.4 Å². The maximum Gasteiger partial charge on any atom is 0.00100 e. The Morgan fingerprint density at radius 3 is 2.18 bits per heavy atom. The normalized spacial score (nSPS) is 20.5. The van der Waals surface area contributed by atoms with E-state index in [0.717, 1.165) is 5.92 Å². The molecule has 0 amide bonds. The standard InChI is InChI=1S/C15H31N.ClH/c1-3-5-6-7-8-9-10-12-16-13-11-15(4-2)14-16;/h15H,3-14H2,1-2H3;1H. The Morgan fingerprint density at radius 2 is 1.59 bits per heavy atom. The van der Waals surface area contributed by atoms with Crippen LogP contribution < -0.4 is 0 Å². The van der Waals surface area contributed by atoms with Crippen LogP contribution in [0.15, 0.2) is 0 Å². The quantitative estimate of drug-likeness (QED) is 0.534. The van der Waals surface area contributed by atoms with Gasteiger partial charge in [0.25, 0.3) is 0 Å². The Bertz CT molecular complexity index is 161.